The van der Waals surface area contributed by atoms with E-state index in [0.29, 0.717) is 0 Å². The summed E-state index contributed by atoms with van der Waals surface area (Å²) in [5.74, 6) is -0.297. The minimum Gasteiger partial charge on any atom is -0.504 e. The van der Waals surface area contributed by atoms with E-state index in [2.05, 4.69) is 15.4 Å². The number of para-hydroxylation sites is 1. The number of benzene rings is 2. The number of nitrogens with one attached hydrogen (secondary N) is 1. The number of hydrogen-bond donors (Lipinski definition) is 3. The molecule has 1 atom stereocenters. The van der Waals surface area contributed by atoms with Crippen molar-refractivity contribution in [3.8, 4) is 28.5 Å². The Morgan fingerprint density at radius 1 is 1.15 bits per heavy atom. The molecule has 5 rings (SSSR count). The first-order valence-electron chi connectivity index (χ1n) is 8.45. The van der Waals surface area contributed by atoms with Gasteiger partial charge < -0.3 is 20.3 Å². The first kappa shape index (κ1) is 15.5. The summed E-state index contributed by atoms with van der Waals surface area (Å²) in [4.78, 5) is 4.52. The Kier molecular flexibility index (Phi) is 3.24. The zero-order valence-corrected chi connectivity index (χ0v) is 14.4. The number of rotatable bonds is 2. The molecule has 2 aromatic heterocycles. The SMILES string of the molecule is COc1cc(C2Nc3ccccc3-c3ncnn4ccc2c34)cc(O)c1O. The topological polar surface area (TPSA) is 91.9 Å². The summed E-state index contributed by atoms with van der Waals surface area (Å²) in [6.07, 6.45) is 3.43. The van der Waals surface area contributed by atoms with Gasteiger partial charge in [0.1, 0.15) is 12.0 Å². The first-order valence-corrected chi connectivity index (χ1v) is 8.45. The van der Waals surface area contributed by atoms with Gasteiger partial charge >= 0.3 is 0 Å². The Hall–Kier alpha value is -3.74. The van der Waals surface area contributed by atoms with Gasteiger partial charge in [-0.3, -0.25) is 0 Å². The smallest absolute Gasteiger partial charge is 0.200 e. The Balaban J connectivity index is 1.81. The number of fused-ring (bicyclic) bond motifs is 2. The molecule has 0 aliphatic carbocycles. The Morgan fingerprint density at radius 2 is 2.00 bits per heavy atom. The fraction of sp³-hybridized carbons (Fsp3) is 0.100. The fourth-order valence-electron chi connectivity index (χ4n) is 3.66. The molecule has 0 radical (unpaired) electrons. The van der Waals surface area contributed by atoms with Crippen molar-refractivity contribution in [3.05, 3.63) is 66.1 Å². The number of ether oxygens (including phenoxy) is 1. The highest BCUT2D eigenvalue weighted by Crippen LogP contribution is 2.44. The number of nitrogens with zero attached hydrogens (tertiary/aromatic N) is 3. The van der Waals surface area contributed by atoms with E-state index in [0.717, 1.165) is 33.6 Å². The van der Waals surface area contributed by atoms with Gasteiger partial charge in [0, 0.05) is 23.0 Å². The zero-order valence-electron chi connectivity index (χ0n) is 14.4. The molecule has 1 unspecified atom stereocenters. The molecule has 3 heterocycles. The van der Waals surface area contributed by atoms with Crippen LogP contribution in [0.25, 0.3) is 16.8 Å². The second-order valence-electron chi connectivity index (χ2n) is 6.39. The average Bonchev–Trinajstić information content (AvgIpc) is 3.06. The van der Waals surface area contributed by atoms with Crippen LogP contribution < -0.4 is 10.1 Å². The maximum atomic E-state index is 10.2. The van der Waals surface area contributed by atoms with Crippen molar-refractivity contribution >= 4 is 11.2 Å². The van der Waals surface area contributed by atoms with Crippen molar-refractivity contribution in [1.29, 1.82) is 0 Å². The van der Waals surface area contributed by atoms with E-state index in [-0.39, 0.29) is 23.3 Å². The van der Waals surface area contributed by atoms with E-state index in [1.165, 1.54) is 13.2 Å². The number of phenols is 2. The largest absolute Gasteiger partial charge is 0.504 e. The van der Waals surface area contributed by atoms with Crippen LogP contribution >= 0.6 is 0 Å². The number of aromatic nitrogens is 3. The Labute approximate surface area is 154 Å². The number of phenolic OH excluding ortho intramolecular Hbond substituents is 2. The normalized spacial score (nSPS) is 15.1. The summed E-state index contributed by atoms with van der Waals surface area (Å²) in [7, 11) is 1.45. The van der Waals surface area contributed by atoms with Gasteiger partial charge in [-0.05, 0) is 29.8 Å². The van der Waals surface area contributed by atoms with Crippen molar-refractivity contribution in [1.82, 2.24) is 14.6 Å². The molecule has 3 N–H and O–H groups in total. The molecule has 7 heteroatoms. The van der Waals surface area contributed by atoms with Crippen LogP contribution in [0.3, 0.4) is 0 Å². The number of hydrogen-bond acceptors (Lipinski definition) is 6. The first-order chi connectivity index (χ1) is 13.2. The fourth-order valence-corrected chi connectivity index (χ4v) is 3.66. The van der Waals surface area contributed by atoms with Crippen LogP contribution in [0.5, 0.6) is 17.2 Å². The van der Waals surface area contributed by atoms with Gasteiger partial charge in [-0.15, -0.1) is 0 Å². The Bertz CT molecular complexity index is 1190. The van der Waals surface area contributed by atoms with Gasteiger partial charge in [-0.1, -0.05) is 18.2 Å². The van der Waals surface area contributed by atoms with Crippen molar-refractivity contribution in [3.63, 3.8) is 0 Å². The van der Waals surface area contributed by atoms with Crippen LogP contribution in [-0.2, 0) is 0 Å². The summed E-state index contributed by atoms with van der Waals surface area (Å²) >= 11 is 0. The van der Waals surface area contributed by atoms with Gasteiger partial charge in [0.25, 0.3) is 0 Å². The molecule has 0 fully saturated rings. The van der Waals surface area contributed by atoms with Gasteiger partial charge in [-0.2, -0.15) is 5.10 Å². The predicted octanol–water partition coefficient (Wildman–Crippen LogP) is 3.33. The van der Waals surface area contributed by atoms with Crippen molar-refractivity contribution in [2.45, 2.75) is 6.04 Å². The average molecular weight is 360 g/mol. The maximum Gasteiger partial charge on any atom is 0.200 e. The van der Waals surface area contributed by atoms with Crippen LogP contribution in [0.2, 0.25) is 0 Å². The standard InChI is InChI=1S/C20H16N4O3/c1-27-16-9-11(8-15(25)20(16)26)17-13-6-7-24-19(13)18(21-10-22-24)12-4-2-3-5-14(12)23-17/h2-10,17,23,25-26H,1H3. The molecule has 0 saturated heterocycles. The van der Waals surface area contributed by atoms with E-state index >= 15 is 0 Å². The second-order valence-corrected chi connectivity index (χ2v) is 6.39. The minimum absolute atomic E-state index is 0.212. The van der Waals surface area contributed by atoms with Gasteiger partial charge in [0.15, 0.2) is 11.5 Å². The predicted molar refractivity (Wildman–Crippen MR) is 100 cm³/mol. The van der Waals surface area contributed by atoms with Crippen LogP contribution in [-0.4, -0.2) is 31.9 Å². The molecule has 27 heavy (non-hydrogen) atoms. The summed E-state index contributed by atoms with van der Waals surface area (Å²) in [5, 5.41) is 28.0. The summed E-state index contributed by atoms with van der Waals surface area (Å²) in [6.45, 7) is 0. The van der Waals surface area contributed by atoms with Crippen molar-refractivity contribution < 1.29 is 14.9 Å². The lowest BCUT2D eigenvalue weighted by Crippen LogP contribution is -2.11. The Morgan fingerprint density at radius 3 is 2.85 bits per heavy atom. The lowest BCUT2D eigenvalue weighted by Gasteiger charge is -2.20. The monoisotopic (exact) mass is 360 g/mol. The molecule has 1 aliphatic heterocycles. The quantitative estimate of drug-likeness (QED) is 0.475. The molecule has 2 aromatic carbocycles. The third kappa shape index (κ3) is 2.21. The van der Waals surface area contributed by atoms with Crippen LogP contribution in [0.15, 0.2) is 55.0 Å². The summed E-state index contributed by atoms with van der Waals surface area (Å²) in [5.41, 5.74) is 5.35. The molecule has 134 valence electrons. The number of aromatic hydroxyl groups is 2. The van der Waals surface area contributed by atoms with Crippen molar-refractivity contribution in [2.75, 3.05) is 12.4 Å². The molecule has 4 aromatic rings. The lowest BCUT2D eigenvalue weighted by atomic mass is 9.98. The van der Waals surface area contributed by atoms with Crippen LogP contribution in [0, 0.1) is 0 Å². The highest BCUT2D eigenvalue weighted by molar-refractivity contribution is 5.90. The second kappa shape index (κ2) is 5.63. The zero-order chi connectivity index (χ0) is 18.5. The molecular weight excluding hydrogens is 344 g/mol. The lowest BCUT2D eigenvalue weighted by molar-refractivity contribution is 0.350. The highest BCUT2D eigenvalue weighted by Gasteiger charge is 2.27. The third-order valence-electron chi connectivity index (χ3n) is 4.91. The number of anilines is 1. The summed E-state index contributed by atoms with van der Waals surface area (Å²) in [6, 6.07) is 12.9. The molecule has 0 amide bonds. The van der Waals surface area contributed by atoms with E-state index in [4.69, 9.17) is 4.74 Å². The minimum atomic E-state index is -0.288. The summed E-state index contributed by atoms with van der Waals surface area (Å²) < 4.78 is 7.01. The van der Waals surface area contributed by atoms with E-state index in [1.807, 2.05) is 36.5 Å². The maximum absolute atomic E-state index is 10.2. The molecule has 0 saturated carbocycles. The molecule has 0 bridgehead atoms. The van der Waals surface area contributed by atoms with Gasteiger partial charge in [0.2, 0.25) is 5.75 Å². The molecule has 7 nitrogen and oxygen atoms in total. The third-order valence-corrected chi connectivity index (χ3v) is 4.91. The molecule has 0 spiro atoms. The highest BCUT2D eigenvalue weighted by atomic mass is 16.5. The molecular formula is C20H16N4O3. The molecule has 1 aliphatic rings. The van der Waals surface area contributed by atoms with E-state index in [9.17, 15) is 10.2 Å². The number of methoxy groups -OCH3 is 1. The van der Waals surface area contributed by atoms with Gasteiger partial charge in [-0.25, -0.2) is 9.50 Å². The van der Waals surface area contributed by atoms with Gasteiger partial charge in [0.05, 0.1) is 18.7 Å². The van der Waals surface area contributed by atoms with Crippen molar-refractivity contribution in [2.24, 2.45) is 0 Å². The van der Waals surface area contributed by atoms with Crippen LogP contribution in [0.1, 0.15) is 17.2 Å². The van der Waals surface area contributed by atoms with E-state index in [1.54, 1.807) is 16.9 Å². The van der Waals surface area contributed by atoms with Crippen LogP contribution in [0.4, 0.5) is 5.69 Å². The van der Waals surface area contributed by atoms with E-state index < -0.39 is 0 Å².